The summed E-state index contributed by atoms with van der Waals surface area (Å²) >= 11 is 0. The van der Waals surface area contributed by atoms with Crippen LogP contribution in [0.4, 0.5) is 21.5 Å². The number of carbonyl (C=O) groups excluding carboxylic acids is 1. The topological polar surface area (TPSA) is 84.3 Å². The number of aryl methyl sites for hydroxylation is 3. The fourth-order valence-corrected chi connectivity index (χ4v) is 2.21. The Kier molecular flexibility index (Phi) is 5.13. The number of nitro groups is 1. The first kappa shape index (κ1) is 17.4. The number of hydrogen-bond acceptors (Lipinski definition) is 4. The van der Waals surface area contributed by atoms with Crippen molar-refractivity contribution in [2.24, 2.45) is 0 Å². The monoisotopic (exact) mass is 331 g/mol. The molecule has 2 N–H and O–H groups in total. The summed E-state index contributed by atoms with van der Waals surface area (Å²) < 4.78 is 13.2. The molecule has 2 rings (SSSR count). The Hall–Kier alpha value is -2.96. The number of nitro benzene ring substituents is 1. The van der Waals surface area contributed by atoms with Crippen molar-refractivity contribution < 1.29 is 14.1 Å². The van der Waals surface area contributed by atoms with Gasteiger partial charge in [0.1, 0.15) is 11.5 Å². The molecule has 0 heterocycles. The molecular weight excluding hydrogens is 313 g/mol. The van der Waals surface area contributed by atoms with Gasteiger partial charge in [0.2, 0.25) is 5.91 Å². The number of carbonyl (C=O) groups is 1. The minimum absolute atomic E-state index is 0.131. The van der Waals surface area contributed by atoms with Crippen molar-refractivity contribution in [3.63, 3.8) is 0 Å². The van der Waals surface area contributed by atoms with Gasteiger partial charge in [-0.25, -0.2) is 4.39 Å². The van der Waals surface area contributed by atoms with Gasteiger partial charge in [-0.05, 0) is 55.7 Å². The lowest BCUT2D eigenvalue weighted by atomic mass is 10.1. The fraction of sp³-hybridized carbons (Fsp3) is 0.235. The van der Waals surface area contributed by atoms with Crippen molar-refractivity contribution >= 4 is 23.0 Å². The van der Waals surface area contributed by atoms with Gasteiger partial charge in [0, 0.05) is 11.8 Å². The number of nitrogens with one attached hydrogen (secondary N) is 2. The van der Waals surface area contributed by atoms with Crippen molar-refractivity contribution in [3.05, 3.63) is 63.0 Å². The first-order chi connectivity index (χ1) is 11.3. The van der Waals surface area contributed by atoms with Crippen LogP contribution in [0.3, 0.4) is 0 Å². The standard InChI is InChI=1S/C17H18FN3O3/c1-10-4-5-13(18)8-14(10)19-9-17(22)20-15-6-11(2)12(3)7-16(15)21(23)24/h4-8,19H,9H2,1-3H3,(H,20,22). The quantitative estimate of drug-likeness (QED) is 0.646. The van der Waals surface area contributed by atoms with E-state index < -0.39 is 16.6 Å². The summed E-state index contributed by atoms with van der Waals surface area (Å²) in [4.78, 5) is 22.7. The molecule has 0 bridgehead atoms. The third-order valence-electron chi connectivity index (χ3n) is 3.72. The summed E-state index contributed by atoms with van der Waals surface area (Å²) in [5.74, 6) is -0.863. The molecular formula is C17H18FN3O3. The smallest absolute Gasteiger partial charge is 0.293 e. The molecule has 0 saturated heterocycles. The Morgan fingerprint density at radius 2 is 1.75 bits per heavy atom. The number of hydrogen-bond donors (Lipinski definition) is 2. The van der Waals surface area contributed by atoms with Gasteiger partial charge in [-0.1, -0.05) is 6.07 Å². The molecule has 0 spiro atoms. The highest BCUT2D eigenvalue weighted by atomic mass is 19.1. The Balaban J connectivity index is 2.11. The number of rotatable bonds is 5. The molecule has 2 aromatic rings. The molecule has 1 amide bonds. The van der Waals surface area contributed by atoms with Crippen LogP contribution in [-0.4, -0.2) is 17.4 Å². The highest BCUT2D eigenvalue weighted by molar-refractivity contribution is 5.96. The van der Waals surface area contributed by atoms with E-state index in [2.05, 4.69) is 10.6 Å². The number of halogens is 1. The van der Waals surface area contributed by atoms with Gasteiger partial charge in [0.15, 0.2) is 0 Å². The van der Waals surface area contributed by atoms with Crippen molar-refractivity contribution in [2.45, 2.75) is 20.8 Å². The maximum absolute atomic E-state index is 13.2. The molecule has 24 heavy (non-hydrogen) atoms. The van der Waals surface area contributed by atoms with E-state index in [1.165, 1.54) is 18.2 Å². The van der Waals surface area contributed by atoms with Crippen LogP contribution in [0.25, 0.3) is 0 Å². The Morgan fingerprint density at radius 3 is 2.42 bits per heavy atom. The van der Waals surface area contributed by atoms with Gasteiger partial charge in [0.25, 0.3) is 5.69 Å². The maximum atomic E-state index is 13.2. The minimum Gasteiger partial charge on any atom is -0.376 e. The SMILES string of the molecule is Cc1cc(NC(=O)CNc2cc(F)ccc2C)c([N+](=O)[O-])cc1C. The largest absolute Gasteiger partial charge is 0.376 e. The van der Waals surface area contributed by atoms with E-state index >= 15 is 0 Å². The summed E-state index contributed by atoms with van der Waals surface area (Å²) in [5.41, 5.74) is 2.89. The summed E-state index contributed by atoms with van der Waals surface area (Å²) in [6.45, 7) is 5.23. The number of anilines is 2. The van der Waals surface area contributed by atoms with Crippen LogP contribution in [0.5, 0.6) is 0 Å². The van der Waals surface area contributed by atoms with E-state index in [4.69, 9.17) is 0 Å². The van der Waals surface area contributed by atoms with E-state index in [1.54, 1.807) is 26.0 Å². The van der Waals surface area contributed by atoms with Crippen LogP contribution in [0.2, 0.25) is 0 Å². The zero-order valence-electron chi connectivity index (χ0n) is 13.6. The van der Waals surface area contributed by atoms with Crippen LogP contribution in [-0.2, 0) is 4.79 Å². The predicted molar refractivity (Wildman–Crippen MR) is 90.8 cm³/mol. The van der Waals surface area contributed by atoms with Gasteiger partial charge >= 0.3 is 0 Å². The maximum Gasteiger partial charge on any atom is 0.293 e. The number of nitrogens with zero attached hydrogens (tertiary/aromatic N) is 1. The minimum atomic E-state index is -0.536. The molecule has 126 valence electrons. The Morgan fingerprint density at radius 1 is 1.08 bits per heavy atom. The van der Waals surface area contributed by atoms with Gasteiger partial charge in [-0.3, -0.25) is 14.9 Å². The van der Waals surface area contributed by atoms with Crippen LogP contribution >= 0.6 is 0 Å². The zero-order chi connectivity index (χ0) is 17.9. The highest BCUT2D eigenvalue weighted by Crippen LogP contribution is 2.27. The van der Waals surface area contributed by atoms with Crippen LogP contribution < -0.4 is 10.6 Å². The summed E-state index contributed by atoms with van der Waals surface area (Å²) in [7, 11) is 0. The zero-order valence-corrected chi connectivity index (χ0v) is 13.6. The van der Waals surface area contributed by atoms with Gasteiger partial charge in [-0.15, -0.1) is 0 Å². The lowest BCUT2D eigenvalue weighted by Crippen LogP contribution is -2.22. The second-order valence-corrected chi connectivity index (χ2v) is 5.57. The molecule has 0 radical (unpaired) electrons. The lowest BCUT2D eigenvalue weighted by molar-refractivity contribution is -0.384. The second kappa shape index (κ2) is 7.08. The van der Waals surface area contributed by atoms with Crippen molar-refractivity contribution in [3.8, 4) is 0 Å². The molecule has 7 heteroatoms. The predicted octanol–water partition coefficient (Wildman–Crippen LogP) is 3.71. The first-order valence-corrected chi connectivity index (χ1v) is 7.33. The summed E-state index contributed by atoms with van der Waals surface area (Å²) in [5, 5.41) is 16.5. The van der Waals surface area contributed by atoms with Crippen LogP contribution in [0.1, 0.15) is 16.7 Å². The first-order valence-electron chi connectivity index (χ1n) is 7.33. The average molecular weight is 331 g/mol. The fourth-order valence-electron chi connectivity index (χ4n) is 2.21. The summed E-state index contributed by atoms with van der Waals surface area (Å²) in [6, 6.07) is 7.22. The molecule has 0 atom stereocenters. The van der Waals surface area contributed by atoms with Crippen LogP contribution in [0.15, 0.2) is 30.3 Å². The van der Waals surface area contributed by atoms with Crippen molar-refractivity contribution in [1.29, 1.82) is 0 Å². The molecule has 6 nitrogen and oxygen atoms in total. The summed E-state index contributed by atoms with van der Waals surface area (Å²) in [6.07, 6.45) is 0. The molecule has 0 saturated carbocycles. The second-order valence-electron chi connectivity index (χ2n) is 5.57. The third kappa shape index (κ3) is 4.07. The van der Waals surface area contributed by atoms with Crippen molar-refractivity contribution in [2.75, 3.05) is 17.2 Å². The highest BCUT2D eigenvalue weighted by Gasteiger charge is 2.17. The van der Waals surface area contributed by atoms with E-state index in [-0.39, 0.29) is 17.9 Å². The number of amides is 1. The normalized spacial score (nSPS) is 10.3. The van der Waals surface area contributed by atoms with Gasteiger partial charge in [-0.2, -0.15) is 0 Å². The van der Waals surface area contributed by atoms with E-state index in [0.29, 0.717) is 5.69 Å². The van der Waals surface area contributed by atoms with Crippen LogP contribution in [0, 0.1) is 36.7 Å². The average Bonchev–Trinajstić information content (AvgIpc) is 2.51. The molecule has 2 aromatic carbocycles. The van der Waals surface area contributed by atoms with E-state index in [9.17, 15) is 19.3 Å². The lowest BCUT2D eigenvalue weighted by Gasteiger charge is -2.11. The van der Waals surface area contributed by atoms with Gasteiger partial charge < -0.3 is 10.6 Å². The Labute approximate surface area is 138 Å². The van der Waals surface area contributed by atoms with Gasteiger partial charge in [0.05, 0.1) is 11.5 Å². The number of benzene rings is 2. The molecule has 0 unspecified atom stereocenters. The third-order valence-corrected chi connectivity index (χ3v) is 3.72. The molecule has 0 fully saturated rings. The molecule has 0 aliphatic carbocycles. The van der Waals surface area contributed by atoms with E-state index in [0.717, 1.165) is 16.7 Å². The molecule has 0 aliphatic rings. The van der Waals surface area contributed by atoms with Crippen molar-refractivity contribution in [1.82, 2.24) is 0 Å². The molecule has 0 aliphatic heterocycles. The molecule has 0 aromatic heterocycles. The van der Waals surface area contributed by atoms with E-state index in [1.807, 2.05) is 6.92 Å². The Bertz CT molecular complexity index is 806.